The number of esters is 4. The lowest BCUT2D eigenvalue weighted by atomic mass is 9.99. The summed E-state index contributed by atoms with van der Waals surface area (Å²) in [4.78, 5) is 73.0. The molecule has 17 nitrogen and oxygen atoms in total. The SMILES string of the molecule is CCCCCCCCCCCCCCCCCCCCCCCC(=O)O[C@H](COC(=O)CCCCCCCCCCCCC(C)CC)COP(=O)(O)OC[C@@H](O)COP(=O)(O)OC[C@@H](COC(=O)CCCCCCCCCCC(C)CC)OC(=O)CCCCCCCCCCCCCCC. The Morgan fingerprint density at radius 1 is 0.280 bits per heavy atom. The zero-order chi connectivity index (χ0) is 73.5. The fourth-order valence-electron chi connectivity index (χ4n) is 12.5. The number of hydrogen-bond donors (Lipinski definition) is 3. The number of carbonyl (C=O) groups excluding carboxylic acids is 4. The summed E-state index contributed by atoms with van der Waals surface area (Å²) in [5.74, 6) is -0.521. The first-order valence-corrected chi connectivity index (χ1v) is 45.1. The van der Waals surface area contributed by atoms with Crippen LogP contribution < -0.4 is 0 Å². The van der Waals surface area contributed by atoms with E-state index >= 15 is 0 Å². The lowest BCUT2D eigenvalue weighted by molar-refractivity contribution is -0.161. The third kappa shape index (κ3) is 71.7. The van der Waals surface area contributed by atoms with Crippen molar-refractivity contribution in [1.29, 1.82) is 0 Å². The van der Waals surface area contributed by atoms with Gasteiger partial charge in [-0.05, 0) is 37.5 Å². The van der Waals surface area contributed by atoms with Gasteiger partial charge in [0.25, 0.3) is 0 Å². The van der Waals surface area contributed by atoms with Crippen molar-refractivity contribution in [3.63, 3.8) is 0 Å². The molecule has 0 fully saturated rings. The predicted molar refractivity (Wildman–Crippen MR) is 409 cm³/mol. The molecule has 0 aliphatic carbocycles. The van der Waals surface area contributed by atoms with Gasteiger partial charge in [-0.15, -0.1) is 0 Å². The molecule has 0 aromatic heterocycles. The van der Waals surface area contributed by atoms with Crippen LogP contribution in [0, 0.1) is 11.8 Å². The Labute approximate surface area is 613 Å². The van der Waals surface area contributed by atoms with Crippen LogP contribution in [0.3, 0.4) is 0 Å². The highest BCUT2D eigenvalue weighted by molar-refractivity contribution is 7.47. The molecule has 0 aliphatic rings. The van der Waals surface area contributed by atoms with Gasteiger partial charge in [0.15, 0.2) is 12.2 Å². The minimum atomic E-state index is -4.96. The molecule has 0 heterocycles. The summed E-state index contributed by atoms with van der Waals surface area (Å²) in [7, 11) is -9.92. The Kier molecular flexibility index (Phi) is 71.2. The van der Waals surface area contributed by atoms with E-state index in [1.165, 1.54) is 244 Å². The van der Waals surface area contributed by atoms with Crippen molar-refractivity contribution in [2.45, 2.75) is 445 Å². The molecule has 0 saturated carbocycles. The summed E-state index contributed by atoms with van der Waals surface area (Å²) in [6.45, 7) is 9.66. The third-order valence-corrected chi connectivity index (χ3v) is 21.6. The van der Waals surface area contributed by atoms with Crippen LogP contribution in [0.25, 0.3) is 0 Å². The molecular formula is C81H158O17P2. The van der Waals surface area contributed by atoms with E-state index in [0.717, 1.165) is 102 Å². The van der Waals surface area contributed by atoms with Crippen LogP contribution in [-0.4, -0.2) is 96.7 Å². The third-order valence-electron chi connectivity index (χ3n) is 19.7. The lowest BCUT2D eigenvalue weighted by Gasteiger charge is -2.21. The molecule has 0 aromatic rings. The summed E-state index contributed by atoms with van der Waals surface area (Å²) in [5.41, 5.74) is 0. The number of ether oxygens (including phenoxy) is 4. The number of phosphoric ester groups is 2. The van der Waals surface area contributed by atoms with Crippen molar-refractivity contribution in [3.8, 4) is 0 Å². The Morgan fingerprint density at radius 3 is 0.710 bits per heavy atom. The molecule has 3 N–H and O–H groups in total. The van der Waals surface area contributed by atoms with Gasteiger partial charge in [0.05, 0.1) is 26.4 Å². The predicted octanol–water partition coefficient (Wildman–Crippen LogP) is 24.3. The summed E-state index contributed by atoms with van der Waals surface area (Å²) in [6.07, 6.45) is 62.3. The molecular weight excluding hydrogens is 1310 g/mol. The van der Waals surface area contributed by atoms with E-state index < -0.39 is 97.5 Å². The quantitative estimate of drug-likeness (QED) is 0.0222. The van der Waals surface area contributed by atoms with Crippen LogP contribution >= 0.6 is 15.6 Å². The smallest absolute Gasteiger partial charge is 0.462 e. The first-order chi connectivity index (χ1) is 48.4. The van der Waals surface area contributed by atoms with Crippen molar-refractivity contribution in [2.24, 2.45) is 11.8 Å². The van der Waals surface area contributed by atoms with Crippen LogP contribution in [0.1, 0.15) is 427 Å². The van der Waals surface area contributed by atoms with Crippen molar-refractivity contribution in [3.05, 3.63) is 0 Å². The Morgan fingerprint density at radius 2 is 0.480 bits per heavy atom. The van der Waals surface area contributed by atoms with Crippen LogP contribution in [0.4, 0.5) is 0 Å². The number of carbonyl (C=O) groups is 4. The minimum absolute atomic E-state index is 0.107. The van der Waals surface area contributed by atoms with E-state index in [1.807, 2.05) is 0 Å². The summed E-state index contributed by atoms with van der Waals surface area (Å²) in [5, 5.41) is 10.6. The number of unbranched alkanes of at least 4 members (excludes halogenated alkanes) is 48. The van der Waals surface area contributed by atoms with Crippen LogP contribution in [0.15, 0.2) is 0 Å². The second kappa shape index (κ2) is 72.6. The number of aliphatic hydroxyl groups is 1. The Balaban J connectivity index is 5.24. The largest absolute Gasteiger partial charge is 0.472 e. The van der Waals surface area contributed by atoms with E-state index in [0.29, 0.717) is 25.7 Å². The van der Waals surface area contributed by atoms with Gasteiger partial charge in [-0.25, -0.2) is 9.13 Å². The van der Waals surface area contributed by atoms with Gasteiger partial charge in [-0.1, -0.05) is 375 Å². The first-order valence-electron chi connectivity index (χ1n) is 42.1. The normalized spacial score (nSPS) is 14.4. The van der Waals surface area contributed by atoms with Crippen molar-refractivity contribution in [2.75, 3.05) is 39.6 Å². The van der Waals surface area contributed by atoms with E-state index in [1.54, 1.807) is 0 Å². The van der Waals surface area contributed by atoms with Gasteiger partial charge in [0, 0.05) is 25.7 Å². The fourth-order valence-corrected chi connectivity index (χ4v) is 14.1. The van der Waals surface area contributed by atoms with Gasteiger partial charge in [-0.2, -0.15) is 0 Å². The molecule has 4 unspecified atom stereocenters. The minimum Gasteiger partial charge on any atom is -0.462 e. The lowest BCUT2D eigenvalue weighted by Crippen LogP contribution is -2.30. The molecule has 19 heteroatoms. The molecule has 0 bridgehead atoms. The van der Waals surface area contributed by atoms with Gasteiger partial charge in [0.2, 0.25) is 0 Å². The van der Waals surface area contributed by atoms with Gasteiger partial charge in [0.1, 0.15) is 19.3 Å². The highest BCUT2D eigenvalue weighted by atomic mass is 31.2. The zero-order valence-corrected chi connectivity index (χ0v) is 67.3. The monoisotopic (exact) mass is 1470 g/mol. The second-order valence-electron chi connectivity index (χ2n) is 29.6. The number of phosphoric acid groups is 2. The topological polar surface area (TPSA) is 237 Å². The van der Waals surface area contributed by atoms with Crippen molar-refractivity contribution in [1.82, 2.24) is 0 Å². The van der Waals surface area contributed by atoms with Crippen molar-refractivity contribution >= 4 is 39.5 Å². The summed E-state index contributed by atoms with van der Waals surface area (Å²) < 4.78 is 68.7. The maximum absolute atomic E-state index is 13.1. The van der Waals surface area contributed by atoms with Gasteiger partial charge >= 0.3 is 39.5 Å². The molecule has 0 spiro atoms. The van der Waals surface area contributed by atoms with E-state index in [9.17, 15) is 43.2 Å². The van der Waals surface area contributed by atoms with E-state index in [-0.39, 0.29) is 25.7 Å². The first kappa shape index (κ1) is 98.1. The molecule has 7 atom stereocenters. The highest BCUT2D eigenvalue weighted by Crippen LogP contribution is 2.45. The molecule has 0 amide bonds. The van der Waals surface area contributed by atoms with Gasteiger partial charge in [-0.3, -0.25) is 37.3 Å². The standard InChI is InChI=1S/C81H158O17P2/c1-7-11-13-15-17-19-21-23-24-25-26-27-28-29-30-32-34-40-48-54-60-66-81(86)97-76(69-91-78(83)63-57-51-45-38-36-35-37-43-49-55-61-73(5)9-3)71-95-99(87,88)93-67-75(82)68-94-100(89,90)96-72-77(70-92-79(84)64-58-52-46-42-41-44-50-56-62-74(6)10-4)98-80(85)65-59-53-47-39-33-31-22-20-18-16-14-12-8-2/h73-77,82H,7-72H2,1-6H3,(H,87,88)(H,89,90)/t73?,74?,75-,76-,77-/m1/s1. The maximum atomic E-state index is 13.1. The fraction of sp³-hybridized carbons (Fsp3) is 0.951. The van der Waals surface area contributed by atoms with Crippen LogP contribution in [0.2, 0.25) is 0 Å². The van der Waals surface area contributed by atoms with Gasteiger partial charge < -0.3 is 33.8 Å². The maximum Gasteiger partial charge on any atom is 0.472 e. The summed E-state index contributed by atoms with van der Waals surface area (Å²) >= 11 is 0. The van der Waals surface area contributed by atoms with Crippen molar-refractivity contribution < 1.29 is 80.2 Å². The molecule has 100 heavy (non-hydrogen) atoms. The summed E-state index contributed by atoms with van der Waals surface area (Å²) in [6, 6.07) is 0. The molecule has 0 aliphatic heterocycles. The van der Waals surface area contributed by atoms with Crippen LogP contribution in [0.5, 0.6) is 0 Å². The van der Waals surface area contributed by atoms with E-state index in [2.05, 4.69) is 41.5 Å². The molecule has 0 rings (SSSR count). The second-order valence-corrected chi connectivity index (χ2v) is 32.6. The number of rotatable bonds is 80. The molecule has 0 saturated heterocycles. The zero-order valence-electron chi connectivity index (χ0n) is 65.5. The van der Waals surface area contributed by atoms with E-state index in [4.69, 9.17) is 37.0 Å². The highest BCUT2D eigenvalue weighted by Gasteiger charge is 2.30. The molecule has 0 radical (unpaired) electrons. The van der Waals surface area contributed by atoms with Crippen LogP contribution in [-0.2, 0) is 65.4 Å². The average Bonchev–Trinajstić information content (AvgIpc) is 1.02. The average molecular weight is 1470 g/mol. The molecule has 594 valence electrons. The molecule has 0 aromatic carbocycles. The number of aliphatic hydroxyl groups excluding tert-OH is 1. The Bertz CT molecular complexity index is 1930. The Hall–Kier alpha value is -1.94. The number of hydrogen-bond acceptors (Lipinski definition) is 15.